The van der Waals surface area contributed by atoms with Crippen LogP contribution < -0.4 is 10.1 Å². The van der Waals surface area contributed by atoms with Gasteiger partial charge in [0.25, 0.3) is 11.8 Å². The average molecular weight is 459 g/mol. The van der Waals surface area contributed by atoms with Crippen LogP contribution in [-0.2, 0) is 10.5 Å². The van der Waals surface area contributed by atoms with Crippen LogP contribution in [-0.4, -0.2) is 45.2 Å². The predicted octanol–water partition coefficient (Wildman–Crippen LogP) is 3.69. The van der Waals surface area contributed by atoms with E-state index in [1.54, 1.807) is 13.8 Å². The summed E-state index contributed by atoms with van der Waals surface area (Å²) in [6, 6.07) is 1.74. The summed E-state index contributed by atoms with van der Waals surface area (Å²) < 4.78 is 78.6. The number of benzene rings is 1. The van der Waals surface area contributed by atoms with Gasteiger partial charge in [0, 0.05) is 12.8 Å². The first-order chi connectivity index (χ1) is 15.0. The fraction of sp³-hybridized carbons (Fsp3) is 0.474. The Balaban J connectivity index is 1.85. The second kappa shape index (κ2) is 7.80. The van der Waals surface area contributed by atoms with Gasteiger partial charge in [0.1, 0.15) is 17.1 Å². The second-order valence-electron chi connectivity index (χ2n) is 7.72. The standard InChI is InChI=1S/C19H18F5N5O3/c1-9(2)13-12-11(31-16(30)19(22,23)24)4-3-10(20)14(12)29(27-13)17-26-15(32-28-17)18(21)5-7-25-8-6-18/h3-4,9,25H,5-8H2,1-2H3. The van der Waals surface area contributed by atoms with Crippen LogP contribution in [0.2, 0.25) is 0 Å². The number of hydrogen-bond acceptors (Lipinski definition) is 7. The lowest BCUT2D eigenvalue weighted by atomic mass is 9.94. The van der Waals surface area contributed by atoms with Crippen molar-refractivity contribution >= 4 is 16.9 Å². The fourth-order valence-electron chi connectivity index (χ4n) is 3.52. The maximum atomic E-state index is 15.2. The van der Waals surface area contributed by atoms with E-state index in [1.165, 1.54) is 0 Å². The highest BCUT2D eigenvalue weighted by Gasteiger charge is 2.42. The highest BCUT2D eigenvalue weighted by Crippen LogP contribution is 2.38. The number of fused-ring (bicyclic) bond motifs is 1. The predicted molar refractivity (Wildman–Crippen MR) is 99.6 cm³/mol. The van der Waals surface area contributed by atoms with Crippen LogP contribution in [0.1, 0.15) is 44.2 Å². The van der Waals surface area contributed by atoms with E-state index in [0.29, 0.717) is 13.1 Å². The lowest BCUT2D eigenvalue weighted by Crippen LogP contribution is -2.36. The number of carbonyl (C=O) groups excluding carboxylic acids is 1. The Hall–Kier alpha value is -3.09. The van der Waals surface area contributed by atoms with Crippen molar-refractivity contribution in [2.24, 2.45) is 0 Å². The Bertz CT molecular complexity index is 1160. The molecular formula is C19H18F5N5O3. The zero-order valence-corrected chi connectivity index (χ0v) is 17.0. The van der Waals surface area contributed by atoms with Crippen molar-refractivity contribution < 1.29 is 36.0 Å². The molecule has 32 heavy (non-hydrogen) atoms. The molecule has 13 heteroatoms. The minimum atomic E-state index is -5.25. The monoisotopic (exact) mass is 459 g/mol. The molecule has 0 aliphatic carbocycles. The first-order valence-corrected chi connectivity index (χ1v) is 9.75. The number of piperidine rings is 1. The van der Waals surface area contributed by atoms with Gasteiger partial charge in [-0.05, 0) is 36.3 Å². The van der Waals surface area contributed by atoms with Gasteiger partial charge in [-0.1, -0.05) is 13.8 Å². The number of aromatic nitrogens is 4. The van der Waals surface area contributed by atoms with Gasteiger partial charge in [0.05, 0.1) is 11.1 Å². The number of rotatable bonds is 4. The lowest BCUT2D eigenvalue weighted by Gasteiger charge is -2.25. The summed E-state index contributed by atoms with van der Waals surface area (Å²) >= 11 is 0. The third-order valence-corrected chi connectivity index (χ3v) is 5.13. The topological polar surface area (TPSA) is 95.1 Å². The first-order valence-electron chi connectivity index (χ1n) is 9.75. The number of esters is 1. The van der Waals surface area contributed by atoms with Gasteiger partial charge in [-0.2, -0.15) is 27.9 Å². The van der Waals surface area contributed by atoms with Crippen LogP contribution in [0.5, 0.6) is 5.75 Å². The Morgan fingerprint density at radius 2 is 1.97 bits per heavy atom. The molecular weight excluding hydrogens is 441 g/mol. The van der Waals surface area contributed by atoms with Crippen LogP contribution in [0.3, 0.4) is 0 Å². The van der Waals surface area contributed by atoms with E-state index in [2.05, 4.69) is 25.3 Å². The van der Waals surface area contributed by atoms with Gasteiger partial charge >= 0.3 is 12.1 Å². The van der Waals surface area contributed by atoms with Gasteiger partial charge in [-0.15, -0.1) is 0 Å². The smallest absolute Gasteiger partial charge is 0.419 e. The van der Waals surface area contributed by atoms with Gasteiger partial charge < -0.3 is 14.6 Å². The molecule has 0 saturated carbocycles. The van der Waals surface area contributed by atoms with E-state index in [-0.39, 0.29) is 41.3 Å². The Morgan fingerprint density at radius 3 is 2.59 bits per heavy atom. The summed E-state index contributed by atoms with van der Waals surface area (Å²) in [7, 11) is 0. The summed E-state index contributed by atoms with van der Waals surface area (Å²) in [6.07, 6.45) is -5.06. The summed E-state index contributed by atoms with van der Waals surface area (Å²) in [5.41, 5.74) is -2.06. The quantitative estimate of drug-likeness (QED) is 0.361. The zero-order chi connectivity index (χ0) is 23.3. The highest BCUT2D eigenvalue weighted by atomic mass is 19.4. The second-order valence-corrected chi connectivity index (χ2v) is 7.72. The van der Waals surface area contributed by atoms with E-state index < -0.39 is 35.3 Å². The van der Waals surface area contributed by atoms with Gasteiger partial charge in [-0.25, -0.2) is 13.6 Å². The molecule has 1 aliphatic rings. The van der Waals surface area contributed by atoms with Crippen molar-refractivity contribution in [1.82, 2.24) is 25.2 Å². The van der Waals surface area contributed by atoms with Crippen molar-refractivity contribution in [1.29, 1.82) is 0 Å². The largest absolute Gasteiger partial charge is 0.491 e. The summed E-state index contributed by atoms with van der Waals surface area (Å²) in [6.45, 7) is 4.14. The average Bonchev–Trinajstić information content (AvgIpc) is 3.36. The van der Waals surface area contributed by atoms with Crippen molar-refractivity contribution in [3.8, 4) is 11.7 Å². The molecule has 0 radical (unpaired) electrons. The molecule has 1 N–H and O–H groups in total. The normalized spacial score (nSPS) is 16.6. The van der Waals surface area contributed by atoms with Crippen molar-refractivity contribution in [3.05, 3.63) is 29.5 Å². The van der Waals surface area contributed by atoms with Crippen molar-refractivity contribution in [3.63, 3.8) is 0 Å². The van der Waals surface area contributed by atoms with E-state index in [0.717, 1.165) is 16.8 Å². The van der Waals surface area contributed by atoms with Gasteiger partial charge in [0.15, 0.2) is 5.67 Å². The Morgan fingerprint density at radius 1 is 1.28 bits per heavy atom. The maximum absolute atomic E-state index is 15.2. The summed E-state index contributed by atoms with van der Waals surface area (Å²) in [5.74, 6) is -4.88. The molecule has 8 nitrogen and oxygen atoms in total. The van der Waals surface area contributed by atoms with Crippen LogP contribution in [0.4, 0.5) is 22.0 Å². The number of alkyl halides is 4. The molecule has 0 bridgehead atoms. The molecule has 2 aromatic heterocycles. The number of nitrogens with one attached hydrogen (secondary N) is 1. The number of nitrogens with zero attached hydrogens (tertiary/aromatic N) is 4. The van der Waals surface area contributed by atoms with E-state index in [4.69, 9.17) is 4.52 Å². The number of hydrogen-bond donors (Lipinski definition) is 1. The molecule has 0 atom stereocenters. The third-order valence-electron chi connectivity index (χ3n) is 5.13. The lowest BCUT2D eigenvalue weighted by molar-refractivity contribution is -0.189. The van der Waals surface area contributed by atoms with Crippen LogP contribution >= 0.6 is 0 Å². The maximum Gasteiger partial charge on any atom is 0.491 e. The van der Waals surface area contributed by atoms with E-state index >= 15 is 4.39 Å². The molecule has 1 aliphatic heterocycles. The molecule has 0 spiro atoms. The van der Waals surface area contributed by atoms with E-state index in [1.807, 2.05) is 0 Å². The SMILES string of the molecule is CC(C)c1nn(-c2noc(C3(F)CCNCC3)n2)c2c(F)ccc(OC(=O)C(F)(F)F)c12. The van der Waals surface area contributed by atoms with E-state index in [9.17, 15) is 22.4 Å². The molecule has 0 unspecified atom stereocenters. The first kappa shape index (κ1) is 22.1. The molecule has 172 valence electrons. The molecule has 3 aromatic rings. The Kier molecular flexibility index (Phi) is 5.39. The number of halogens is 5. The molecule has 1 aromatic carbocycles. The molecule has 4 rings (SSSR count). The third kappa shape index (κ3) is 3.80. The minimum Gasteiger partial charge on any atom is -0.419 e. The summed E-state index contributed by atoms with van der Waals surface area (Å²) in [5, 5.41) is 10.8. The number of ether oxygens (including phenoxy) is 1. The summed E-state index contributed by atoms with van der Waals surface area (Å²) in [4.78, 5) is 15.4. The van der Waals surface area contributed by atoms with Crippen LogP contribution in [0.25, 0.3) is 16.9 Å². The van der Waals surface area contributed by atoms with Gasteiger partial charge in [-0.3, -0.25) is 0 Å². The molecule has 1 saturated heterocycles. The highest BCUT2D eigenvalue weighted by molar-refractivity contribution is 5.92. The molecule has 3 heterocycles. The van der Waals surface area contributed by atoms with Crippen LogP contribution in [0.15, 0.2) is 16.7 Å². The fourth-order valence-corrected chi connectivity index (χ4v) is 3.52. The molecule has 0 amide bonds. The number of carbonyl (C=O) groups is 1. The minimum absolute atomic E-state index is 0.0949. The van der Waals surface area contributed by atoms with Crippen molar-refractivity contribution in [2.75, 3.05) is 13.1 Å². The van der Waals surface area contributed by atoms with Crippen molar-refractivity contribution in [2.45, 2.75) is 44.5 Å². The Labute approximate surface area is 177 Å². The zero-order valence-electron chi connectivity index (χ0n) is 17.0. The van der Waals surface area contributed by atoms with Crippen LogP contribution in [0, 0.1) is 5.82 Å². The van der Waals surface area contributed by atoms with Gasteiger partial charge in [0.2, 0.25) is 0 Å². The molecule has 1 fully saturated rings.